The van der Waals surface area contributed by atoms with Gasteiger partial charge in [0.15, 0.2) is 0 Å². The molecule has 112 valence electrons. The third-order valence-corrected chi connectivity index (χ3v) is 6.34. The lowest BCUT2D eigenvalue weighted by molar-refractivity contribution is 0.759. The second kappa shape index (κ2) is 8.60. The molecule has 0 saturated heterocycles. The smallest absolute Gasteiger partial charge is 0.126 e. The van der Waals surface area contributed by atoms with Crippen molar-refractivity contribution >= 4 is 42.0 Å². The molecule has 1 rings (SSSR count). The maximum absolute atomic E-state index is 3.55. The number of rotatable bonds is 6. The summed E-state index contributed by atoms with van der Waals surface area (Å²) in [6.07, 6.45) is 7.57. The van der Waals surface area contributed by atoms with Crippen LogP contribution in [0.1, 0.15) is 55.5 Å². The average Bonchev–Trinajstić information content (AvgIpc) is 2.66. The van der Waals surface area contributed by atoms with E-state index in [1.165, 1.54) is 46.3 Å². The summed E-state index contributed by atoms with van der Waals surface area (Å²) in [6, 6.07) is 0. The summed E-state index contributed by atoms with van der Waals surface area (Å²) in [7, 11) is -1.28. The van der Waals surface area contributed by atoms with E-state index >= 15 is 0 Å². The summed E-state index contributed by atoms with van der Waals surface area (Å²) in [5, 5.41) is 0. The molecule has 0 N–H and O–H groups in total. The maximum Gasteiger partial charge on any atom is 0.129 e. The van der Waals surface area contributed by atoms with Crippen LogP contribution in [0, 0.1) is 14.3 Å². The van der Waals surface area contributed by atoms with Crippen LogP contribution in [0.4, 0.5) is 0 Å². The van der Waals surface area contributed by atoms with Crippen molar-refractivity contribution in [1.29, 1.82) is 0 Å². The molecule has 1 heterocycles. The zero-order valence-corrected chi connectivity index (χ0v) is 17.5. The first kappa shape index (κ1) is 18.3. The molecule has 0 saturated carbocycles. The predicted octanol–water partition coefficient (Wildman–Crippen LogP) is 6.27. The number of hydrogen-bond acceptors (Lipinski definition) is 1. The van der Waals surface area contributed by atoms with Gasteiger partial charge in [0.2, 0.25) is 0 Å². The van der Waals surface area contributed by atoms with Crippen molar-refractivity contribution in [3.8, 4) is 11.5 Å². The zero-order chi connectivity index (χ0) is 15.2. The molecule has 0 amide bonds. The van der Waals surface area contributed by atoms with Gasteiger partial charge in [-0.05, 0) is 59.4 Å². The Kier molecular flexibility index (Phi) is 7.85. The Labute approximate surface area is 143 Å². The third kappa shape index (κ3) is 5.91. The van der Waals surface area contributed by atoms with Crippen LogP contribution < -0.4 is 0 Å². The van der Waals surface area contributed by atoms with E-state index in [0.717, 1.165) is 0 Å². The van der Waals surface area contributed by atoms with E-state index in [4.69, 9.17) is 0 Å². The maximum atomic E-state index is 3.55. The molecule has 1 aromatic rings. The lowest BCUT2D eigenvalue weighted by Crippen LogP contribution is -2.16. The van der Waals surface area contributed by atoms with E-state index in [1.807, 2.05) is 11.3 Å². The summed E-state index contributed by atoms with van der Waals surface area (Å²) >= 11 is 4.44. The van der Waals surface area contributed by atoms with Crippen molar-refractivity contribution in [3.05, 3.63) is 18.9 Å². The molecule has 0 unspecified atom stereocenters. The van der Waals surface area contributed by atoms with Crippen LogP contribution in [0.15, 0.2) is 0 Å². The predicted molar refractivity (Wildman–Crippen MR) is 104 cm³/mol. The molecule has 1 aromatic heterocycles. The minimum absolute atomic E-state index is 1.21. The first-order valence-corrected chi connectivity index (χ1v) is 13.1. The topological polar surface area (TPSA) is 0 Å². The fraction of sp³-hybridized carbons (Fsp3) is 0.647. The van der Waals surface area contributed by atoms with Crippen molar-refractivity contribution < 1.29 is 0 Å². The van der Waals surface area contributed by atoms with E-state index in [9.17, 15) is 0 Å². The first-order valence-electron chi connectivity index (χ1n) is 7.72. The van der Waals surface area contributed by atoms with E-state index in [1.54, 1.807) is 11.1 Å². The molecule has 0 fully saturated rings. The second-order valence-corrected chi connectivity index (χ2v) is 14.0. The van der Waals surface area contributed by atoms with Gasteiger partial charge < -0.3 is 0 Å². The first-order chi connectivity index (χ1) is 9.39. The Morgan fingerprint density at radius 1 is 1.00 bits per heavy atom. The van der Waals surface area contributed by atoms with Gasteiger partial charge in [-0.2, -0.15) is 0 Å². The van der Waals surface area contributed by atoms with Gasteiger partial charge in [-0.3, -0.25) is 0 Å². The van der Waals surface area contributed by atoms with Gasteiger partial charge in [-0.1, -0.05) is 52.3 Å². The Bertz CT molecular complexity index is 486. The highest BCUT2D eigenvalue weighted by atomic mass is 127. The standard InChI is InChI=1S/C17H27ISSi/c1-6-8-10-14-15(11-9-7-2)17(18)19-16(14)12-13-20(3,4)5/h6-11H2,1-5H3. The van der Waals surface area contributed by atoms with Crippen molar-refractivity contribution in [1.82, 2.24) is 0 Å². The van der Waals surface area contributed by atoms with Gasteiger partial charge in [0, 0.05) is 0 Å². The number of thiophene rings is 1. The third-order valence-electron chi connectivity index (χ3n) is 3.18. The monoisotopic (exact) mass is 418 g/mol. The molecular weight excluding hydrogens is 391 g/mol. The molecule has 0 radical (unpaired) electrons. The number of hydrogen-bond donors (Lipinski definition) is 0. The minimum Gasteiger partial charge on any atom is -0.126 e. The molecule has 0 aliphatic rings. The van der Waals surface area contributed by atoms with Crippen LogP contribution in [-0.4, -0.2) is 8.07 Å². The van der Waals surface area contributed by atoms with E-state index < -0.39 is 8.07 Å². The van der Waals surface area contributed by atoms with Crippen LogP contribution in [0.25, 0.3) is 0 Å². The number of halogens is 1. The highest BCUT2D eigenvalue weighted by molar-refractivity contribution is 14.1. The Balaban J connectivity index is 3.11. The van der Waals surface area contributed by atoms with Gasteiger partial charge in [0.05, 0.1) is 7.76 Å². The van der Waals surface area contributed by atoms with Gasteiger partial charge in [-0.25, -0.2) is 0 Å². The molecule has 0 bridgehead atoms. The largest absolute Gasteiger partial charge is 0.129 e. The average molecular weight is 418 g/mol. The molecule has 0 aromatic carbocycles. The van der Waals surface area contributed by atoms with E-state index in [2.05, 4.69) is 67.5 Å². The molecule has 0 aliphatic heterocycles. The van der Waals surface area contributed by atoms with Crippen LogP contribution in [0.5, 0.6) is 0 Å². The Morgan fingerprint density at radius 3 is 2.05 bits per heavy atom. The summed E-state index contributed by atoms with van der Waals surface area (Å²) in [6.45, 7) is 11.5. The van der Waals surface area contributed by atoms with E-state index in [0.29, 0.717) is 0 Å². The molecule has 0 aliphatic carbocycles. The summed E-state index contributed by atoms with van der Waals surface area (Å²) < 4.78 is 1.47. The van der Waals surface area contributed by atoms with Crippen LogP contribution in [0.2, 0.25) is 19.6 Å². The lowest BCUT2D eigenvalue weighted by Gasteiger charge is -2.06. The summed E-state index contributed by atoms with van der Waals surface area (Å²) in [5.41, 5.74) is 6.72. The van der Waals surface area contributed by atoms with Crippen LogP contribution in [0.3, 0.4) is 0 Å². The minimum atomic E-state index is -1.28. The van der Waals surface area contributed by atoms with Gasteiger partial charge in [0.1, 0.15) is 8.07 Å². The highest BCUT2D eigenvalue weighted by Gasteiger charge is 2.15. The normalized spacial score (nSPS) is 11.3. The molecule has 0 spiro atoms. The SMILES string of the molecule is CCCCc1c(I)sc(C#C[Si](C)(C)C)c1CCCC. The Morgan fingerprint density at radius 2 is 1.55 bits per heavy atom. The molecular formula is C17H27ISSi. The summed E-state index contributed by atoms with van der Waals surface area (Å²) in [5.74, 6) is 3.53. The summed E-state index contributed by atoms with van der Waals surface area (Å²) in [4.78, 5) is 1.36. The fourth-order valence-electron chi connectivity index (χ4n) is 2.03. The van der Waals surface area contributed by atoms with Crippen LogP contribution >= 0.6 is 33.9 Å². The van der Waals surface area contributed by atoms with Crippen molar-refractivity contribution in [3.63, 3.8) is 0 Å². The molecule has 0 atom stereocenters. The van der Waals surface area contributed by atoms with Crippen molar-refractivity contribution in [2.24, 2.45) is 0 Å². The molecule has 3 heteroatoms. The van der Waals surface area contributed by atoms with Gasteiger partial charge in [-0.15, -0.1) is 16.9 Å². The van der Waals surface area contributed by atoms with E-state index in [-0.39, 0.29) is 0 Å². The number of unbranched alkanes of at least 4 members (excludes halogenated alkanes) is 2. The second-order valence-electron chi connectivity index (χ2n) is 6.37. The highest BCUT2D eigenvalue weighted by Crippen LogP contribution is 2.32. The molecule has 0 nitrogen and oxygen atoms in total. The van der Waals surface area contributed by atoms with Crippen molar-refractivity contribution in [2.45, 2.75) is 72.0 Å². The van der Waals surface area contributed by atoms with Gasteiger partial charge >= 0.3 is 0 Å². The van der Waals surface area contributed by atoms with Crippen LogP contribution in [-0.2, 0) is 12.8 Å². The zero-order valence-electron chi connectivity index (χ0n) is 13.5. The van der Waals surface area contributed by atoms with Crippen molar-refractivity contribution in [2.75, 3.05) is 0 Å². The quantitative estimate of drug-likeness (QED) is 0.290. The fourth-order valence-corrected chi connectivity index (χ4v) is 4.86. The lowest BCUT2D eigenvalue weighted by atomic mass is 10.0. The van der Waals surface area contributed by atoms with Gasteiger partial charge in [0.25, 0.3) is 0 Å². The molecule has 20 heavy (non-hydrogen) atoms. The Hall–Kier alpha value is 0.207.